The van der Waals surface area contributed by atoms with Crippen LogP contribution in [0.5, 0.6) is 0 Å². The second-order valence-corrected chi connectivity index (χ2v) is 7.02. The summed E-state index contributed by atoms with van der Waals surface area (Å²) in [6.07, 6.45) is 2.28. The average molecular weight is 344 g/mol. The standard InChI is InChI=1S/C18H21FN4O2/c19-14-4-2-1-3-13(14)18-16-11-25-17-10-22(12-5-7-24-8-6-12)9-15(17)23(16)21-20-18/h1-4,12,15,17H,5-11H2/t15-,17-/m1/s1. The van der Waals surface area contributed by atoms with Crippen LogP contribution in [0.3, 0.4) is 0 Å². The van der Waals surface area contributed by atoms with Crippen molar-refractivity contribution in [2.45, 2.75) is 37.6 Å². The molecule has 2 saturated heterocycles. The van der Waals surface area contributed by atoms with Crippen molar-refractivity contribution in [2.24, 2.45) is 0 Å². The van der Waals surface area contributed by atoms with Crippen molar-refractivity contribution in [3.05, 3.63) is 35.8 Å². The molecule has 0 radical (unpaired) electrons. The van der Waals surface area contributed by atoms with Crippen LogP contribution in [0.25, 0.3) is 11.3 Å². The Bertz CT molecular complexity index is 774. The molecule has 0 bridgehead atoms. The number of halogens is 1. The van der Waals surface area contributed by atoms with Crippen LogP contribution in [0.4, 0.5) is 4.39 Å². The molecule has 0 saturated carbocycles. The monoisotopic (exact) mass is 344 g/mol. The highest BCUT2D eigenvalue weighted by molar-refractivity contribution is 5.62. The summed E-state index contributed by atoms with van der Waals surface area (Å²) in [5, 5.41) is 8.65. The third-order valence-corrected chi connectivity index (χ3v) is 5.64. The van der Waals surface area contributed by atoms with Crippen molar-refractivity contribution < 1.29 is 13.9 Å². The smallest absolute Gasteiger partial charge is 0.132 e. The van der Waals surface area contributed by atoms with Gasteiger partial charge in [0.25, 0.3) is 0 Å². The van der Waals surface area contributed by atoms with E-state index in [1.807, 2.05) is 10.7 Å². The third kappa shape index (κ3) is 2.58. The van der Waals surface area contributed by atoms with E-state index in [0.29, 0.717) is 23.9 Å². The molecule has 6 nitrogen and oxygen atoms in total. The van der Waals surface area contributed by atoms with E-state index >= 15 is 0 Å². The molecular formula is C18H21FN4O2. The highest BCUT2D eigenvalue weighted by Gasteiger charge is 2.43. The molecular weight excluding hydrogens is 323 g/mol. The molecule has 0 unspecified atom stereocenters. The van der Waals surface area contributed by atoms with E-state index in [0.717, 1.165) is 44.8 Å². The van der Waals surface area contributed by atoms with E-state index in [1.54, 1.807) is 12.1 Å². The molecule has 0 spiro atoms. The Labute approximate surface area is 145 Å². The minimum absolute atomic E-state index is 0.130. The van der Waals surface area contributed by atoms with Crippen LogP contribution in [-0.4, -0.2) is 58.3 Å². The molecule has 0 N–H and O–H groups in total. The quantitative estimate of drug-likeness (QED) is 0.834. The summed E-state index contributed by atoms with van der Waals surface area (Å²) in [6.45, 7) is 3.93. The Kier molecular flexibility index (Phi) is 3.80. The van der Waals surface area contributed by atoms with Gasteiger partial charge in [-0.15, -0.1) is 5.10 Å². The van der Waals surface area contributed by atoms with Crippen molar-refractivity contribution in [1.29, 1.82) is 0 Å². The van der Waals surface area contributed by atoms with Crippen LogP contribution in [0.1, 0.15) is 24.6 Å². The van der Waals surface area contributed by atoms with E-state index in [2.05, 4.69) is 15.2 Å². The minimum Gasteiger partial charge on any atom is -0.381 e. The van der Waals surface area contributed by atoms with Crippen LogP contribution in [0.2, 0.25) is 0 Å². The predicted octanol–water partition coefficient (Wildman–Crippen LogP) is 2.02. The largest absolute Gasteiger partial charge is 0.381 e. The van der Waals surface area contributed by atoms with Gasteiger partial charge in [-0.25, -0.2) is 9.07 Å². The van der Waals surface area contributed by atoms with Crippen LogP contribution in [-0.2, 0) is 16.1 Å². The summed E-state index contributed by atoms with van der Waals surface area (Å²) >= 11 is 0. The lowest BCUT2D eigenvalue weighted by atomic mass is 10.1. The maximum Gasteiger partial charge on any atom is 0.132 e. The van der Waals surface area contributed by atoms with Crippen LogP contribution >= 0.6 is 0 Å². The van der Waals surface area contributed by atoms with E-state index in [9.17, 15) is 4.39 Å². The van der Waals surface area contributed by atoms with Gasteiger partial charge in [-0.1, -0.05) is 17.3 Å². The molecule has 7 heteroatoms. The first-order valence-corrected chi connectivity index (χ1v) is 8.93. The zero-order valence-corrected chi connectivity index (χ0v) is 14.0. The fourth-order valence-corrected chi connectivity index (χ4v) is 4.29. The topological polar surface area (TPSA) is 52.4 Å². The van der Waals surface area contributed by atoms with Gasteiger partial charge in [0.1, 0.15) is 11.5 Å². The molecule has 3 aliphatic heterocycles. The summed E-state index contributed by atoms with van der Waals surface area (Å²) < 4.78 is 27.7. The number of hydrogen-bond acceptors (Lipinski definition) is 5. The molecule has 1 aromatic carbocycles. The van der Waals surface area contributed by atoms with Gasteiger partial charge in [0.05, 0.1) is 24.4 Å². The number of fused-ring (bicyclic) bond motifs is 3. The SMILES string of the molecule is Fc1ccccc1-c1nnn2c1CO[C@@H]1CN(C3CCOCC3)C[C@H]12. The molecule has 0 aliphatic carbocycles. The van der Waals surface area contributed by atoms with Crippen molar-refractivity contribution in [2.75, 3.05) is 26.3 Å². The summed E-state index contributed by atoms with van der Waals surface area (Å²) in [5.74, 6) is -0.275. The van der Waals surface area contributed by atoms with Gasteiger partial charge in [-0.2, -0.15) is 0 Å². The number of rotatable bonds is 2. The van der Waals surface area contributed by atoms with Gasteiger partial charge in [-0.3, -0.25) is 4.90 Å². The zero-order valence-electron chi connectivity index (χ0n) is 14.0. The number of likely N-dealkylation sites (tertiary alicyclic amines) is 1. The maximum atomic E-state index is 14.2. The fraction of sp³-hybridized carbons (Fsp3) is 0.556. The van der Waals surface area contributed by atoms with Gasteiger partial charge < -0.3 is 9.47 Å². The van der Waals surface area contributed by atoms with Gasteiger partial charge in [0.2, 0.25) is 0 Å². The molecule has 2 fully saturated rings. The molecule has 3 aliphatic rings. The Hall–Kier alpha value is -1.83. The Balaban J connectivity index is 1.43. The number of hydrogen-bond donors (Lipinski definition) is 0. The highest BCUT2D eigenvalue weighted by Crippen LogP contribution is 2.36. The highest BCUT2D eigenvalue weighted by atomic mass is 19.1. The summed E-state index contributed by atoms with van der Waals surface area (Å²) in [6, 6.07) is 7.41. The second kappa shape index (κ2) is 6.16. The Morgan fingerprint density at radius 3 is 2.80 bits per heavy atom. The lowest BCUT2D eigenvalue weighted by molar-refractivity contribution is -0.00870. The first kappa shape index (κ1) is 15.4. The molecule has 2 aromatic rings. The maximum absolute atomic E-state index is 14.2. The van der Waals surface area contributed by atoms with Crippen molar-refractivity contribution >= 4 is 0 Å². The van der Waals surface area contributed by atoms with E-state index in [4.69, 9.17) is 9.47 Å². The van der Waals surface area contributed by atoms with E-state index < -0.39 is 0 Å². The normalized spacial score (nSPS) is 27.2. The summed E-state index contributed by atoms with van der Waals surface area (Å²) in [5.41, 5.74) is 1.96. The van der Waals surface area contributed by atoms with Crippen molar-refractivity contribution in [1.82, 2.24) is 19.9 Å². The van der Waals surface area contributed by atoms with Gasteiger partial charge in [-0.05, 0) is 25.0 Å². The predicted molar refractivity (Wildman–Crippen MR) is 88.4 cm³/mol. The van der Waals surface area contributed by atoms with Crippen LogP contribution in [0, 0.1) is 5.82 Å². The second-order valence-electron chi connectivity index (χ2n) is 7.02. The Morgan fingerprint density at radius 1 is 1.12 bits per heavy atom. The van der Waals surface area contributed by atoms with E-state index in [1.165, 1.54) is 6.07 Å². The first-order chi connectivity index (χ1) is 12.3. The minimum atomic E-state index is -0.275. The van der Waals surface area contributed by atoms with Gasteiger partial charge >= 0.3 is 0 Å². The molecule has 25 heavy (non-hydrogen) atoms. The first-order valence-electron chi connectivity index (χ1n) is 8.93. The number of benzene rings is 1. The molecule has 1 aromatic heterocycles. The van der Waals surface area contributed by atoms with Crippen LogP contribution < -0.4 is 0 Å². The fourth-order valence-electron chi connectivity index (χ4n) is 4.29. The summed E-state index contributed by atoms with van der Waals surface area (Å²) in [7, 11) is 0. The summed E-state index contributed by atoms with van der Waals surface area (Å²) in [4.78, 5) is 2.50. The zero-order chi connectivity index (χ0) is 16.8. The van der Waals surface area contributed by atoms with Crippen molar-refractivity contribution in [3.8, 4) is 11.3 Å². The number of nitrogens with zero attached hydrogens (tertiary/aromatic N) is 4. The molecule has 4 heterocycles. The lowest BCUT2D eigenvalue weighted by Crippen LogP contribution is -2.38. The molecule has 0 amide bonds. The number of ether oxygens (including phenoxy) is 2. The molecule has 2 atom stereocenters. The molecule has 5 rings (SSSR count). The average Bonchev–Trinajstić information content (AvgIpc) is 3.26. The molecule has 132 valence electrons. The van der Waals surface area contributed by atoms with Crippen LogP contribution in [0.15, 0.2) is 24.3 Å². The van der Waals surface area contributed by atoms with Gasteiger partial charge in [0, 0.05) is 37.9 Å². The van der Waals surface area contributed by atoms with Crippen molar-refractivity contribution in [3.63, 3.8) is 0 Å². The lowest BCUT2D eigenvalue weighted by Gasteiger charge is -2.30. The van der Waals surface area contributed by atoms with Gasteiger partial charge in [0.15, 0.2) is 0 Å². The van der Waals surface area contributed by atoms with E-state index in [-0.39, 0.29) is 18.0 Å². The Morgan fingerprint density at radius 2 is 1.96 bits per heavy atom. The number of aromatic nitrogens is 3. The third-order valence-electron chi connectivity index (χ3n) is 5.64.